The van der Waals surface area contributed by atoms with Gasteiger partial charge in [-0.1, -0.05) is 0 Å². The molecule has 3 N–H and O–H groups in total. The molecule has 0 aromatic rings. The van der Waals surface area contributed by atoms with Crippen molar-refractivity contribution in [1.82, 2.24) is 0 Å². The second-order valence-electron chi connectivity index (χ2n) is 0.513. The average Bonchev–Trinajstić information content (AvgIpc) is 0.722. The molecule has 0 heterocycles. The summed E-state index contributed by atoms with van der Waals surface area (Å²) < 4.78 is 8.88. The number of hydrogen-bond acceptors (Lipinski definition) is 1. The van der Waals surface area contributed by atoms with Crippen molar-refractivity contribution >= 4 is 49.8 Å². The normalized spacial score (nSPS) is 7.38. The summed E-state index contributed by atoms with van der Waals surface area (Å²) in [6.45, 7) is 0. The molecule has 0 radical (unpaired) electrons. The molecule has 0 aromatic heterocycles. The molecule has 44 valence electrons. The fourth-order valence-corrected chi connectivity index (χ4v) is 0. The maximum absolute atomic E-state index is 8.88. The molecular formula is H5ClNaO4PZn. The predicted molar refractivity (Wildman–Crippen MR) is 28.7 cm³/mol. The number of phosphoric acid groups is 1. The van der Waals surface area contributed by atoms with Gasteiger partial charge in [0.05, 0.1) is 0 Å². The van der Waals surface area contributed by atoms with E-state index in [4.69, 9.17) is 19.2 Å². The molecule has 0 aromatic carbocycles. The molecule has 8 heteroatoms. The second kappa shape index (κ2) is 9.02. The van der Waals surface area contributed by atoms with E-state index >= 15 is 0 Å². The van der Waals surface area contributed by atoms with Crippen LogP contribution in [0, 0.1) is 0 Å². The average molecular weight is 224 g/mol. The van der Waals surface area contributed by atoms with Crippen molar-refractivity contribution < 1.29 is 38.7 Å². The van der Waals surface area contributed by atoms with E-state index in [2.05, 4.69) is 0 Å². The quantitative estimate of drug-likeness (QED) is 0.358. The Balaban J connectivity index is -0.0000000267. The van der Waals surface area contributed by atoms with Gasteiger partial charge in [0.2, 0.25) is 0 Å². The summed E-state index contributed by atoms with van der Waals surface area (Å²) in [6, 6.07) is 0. The van der Waals surface area contributed by atoms with E-state index in [1.54, 1.807) is 0 Å². The third kappa shape index (κ3) is 96.7. The molecule has 4 nitrogen and oxygen atoms in total. The molecule has 0 atom stereocenters. The van der Waals surface area contributed by atoms with Crippen molar-refractivity contribution in [3.05, 3.63) is 0 Å². The summed E-state index contributed by atoms with van der Waals surface area (Å²) in [5.74, 6) is 0. The van der Waals surface area contributed by atoms with Crippen molar-refractivity contribution in [2.24, 2.45) is 0 Å². The second-order valence-corrected chi connectivity index (χ2v) is 1.54. The van der Waals surface area contributed by atoms with E-state index in [9.17, 15) is 0 Å². The van der Waals surface area contributed by atoms with Crippen molar-refractivity contribution in [2.75, 3.05) is 0 Å². The molecule has 0 spiro atoms. The molecule has 0 bridgehead atoms. The van der Waals surface area contributed by atoms with Crippen LogP contribution in [0.15, 0.2) is 0 Å². The molecule has 0 saturated carbocycles. The molecule has 0 aliphatic rings. The zero-order valence-corrected chi connectivity index (χ0v) is 7.99. The number of halogens is 1. The van der Waals surface area contributed by atoms with Gasteiger partial charge in [-0.05, 0) is 0 Å². The van der Waals surface area contributed by atoms with Crippen LogP contribution in [-0.4, -0.2) is 44.2 Å². The molecule has 0 unspecified atom stereocenters. The van der Waals surface area contributed by atoms with Gasteiger partial charge in [0.15, 0.2) is 0 Å². The Labute approximate surface area is 87.8 Å². The first-order valence-electron chi connectivity index (χ1n) is 0.783. The van der Waals surface area contributed by atoms with E-state index in [1.807, 2.05) is 0 Å². The maximum Gasteiger partial charge on any atom is 0 e. The first-order valence-corrected chi connectivity index (χ1v) is 2.35. The minimum atomic E-state index is -4.64. The van der Waals surface area contributed by atoms with E-state index < -0.39 is 7.82 Å². The standard InChI is InChI=1S/ClH.Na.H3O4P.Zn.H/c;;1-5(2,3)4;;/h1H;;(H3,1,2,3,4);;. The molecule has 0 fully saturated rings. The third-order valence-electron chi connectivity index (χ3n) is 0. The van der Waals surface area contributed by atoms with Crippen molar-refractivity contribution in [3.63, 3.8) is 0 Å². The van der Waals surface area contributed by atoms with Crippen LogP contribution in [0.1, 0.15) is 0 Å². The van der Waals surface area contributed by atoms with E-state index in [0.717, 1.165) is 0 Å². The van der Waals surface area contributed by atoms with Crippen LogP contribution in [0.3, 0.4) is 0 Å². The van der Waals surface area contributed by atoms with Gasteiger partial charge in [0.1, 0.15) is 0 Å². The summed E-state index contributed by atoms with van der Waals surface area (Å²) in [7, 11) is -4.64. The summed E-state index contributed by atoms with van der Waals surface area (Å²) in [5, 5.41) is 0. The van der Waals surface area contributed by atoms with Crippen molar-refractivity contribution in [1.29, 1.82) is 0 Å². The minimum absolute atomic E-state index is 0. The topological polar surface area (TPSA) is 77.8 Å². The van der Waals surface area contributed by atoms with Crippen LogP contribution < -0.4 is 0 Å². The monoisotopic (exact) mass is 222 g/mol. The Kier molecular flexibility index (Phi) is 25.4. The van der Waals surface area contributed by atoms with E-state index in [1.165, 1.54) is 0 Å². The van der Waals surface area contributed by atoms with Gasteiger partial charge in [-0.15, -0.1) is 12.4 Å². The smallest absolute Gasteiger partial charge is 0 e. The van der Waals surface area contributed by atoms with Crippen molar-refractivity contribution in [2.45, 2.75) is 0 Å². The molecule has 0 aliphatic heterocycles. The SMILES string of the molecule is Cl.O=P(O)(O)O.[NaH].[Zn]. The van der Waals surface area contributed by atoms with Crippen molar-refractivity contribution in [3.8, 4) is 0 Å². The van der Waals surface area contributed by atoms with Crippen LogP contribution in [0.4, 0.5) is 0 Å². The van der Waals surface area contributed by atoms with Crippen LogP contribution in [0.25, 0.3) is 0 Å². The molecule has 0 amide bonds. The molecule has 8 heavy (non-hydrogen) atoms. The number of hydrogen-bond donors (Lipinski definition) is 3. The zero-order valence-electron chi connectivity index (χ0n) is 3.31. The van der Waals surface area contributed by atoms with Gasteiger partial charge in [0, 0.05) is 19.5 Å². The first kappa shape index (κ1) is 22.5. The Morgan fingerprint density at radius 1 is 1.12 bits per heavy atom. The Morgan fingerprint density at radius 2 is 1.12 bits per heavy atom. The van der Waals surface area contributed by atoms with Gasteiger partial charge in [-0.3, -0.25) is 0 Å². The molecule has 0 saturated heterocycles. The number of rotatable bonds is 0. The summed E-state index contributed by atoms with van der Waals surface area (Å²) >= 11 is 0. The van der Waals surface area contributed by atoms with E-state index in [-0.39, 0.29) is 61.4 Å². The first-order chi connectivity index (χ1) is 2.00. The summed E-state index contributed by atoms with van der Waals surface area (Å²) in [5.41, 5.74) is 0. The van der Waals surface area contributed by atoms with Gasteiger partial charge < -0.3 is 14.7 Å². The third-order valence-corrected chi connectivity index (χ3v) is 0. The van der Waals surface area contributed by atoms with Gasteiger partial charge >= 0.3 is 37.4 Å². The molecule has 0 rings (SSSR count). The maximum atomic E-state index is 8.88. The van der Waals surface area contributed by atoms with Gasteiger partial charge in [-0.2, -0.15) is 0 Å². The Morgan fingerprint density at radius 3 is 1.12 bits per heavy atom. The van der Waals surface area contributed by atoms with Gasteiger partial charge in [0.25, 0.3) is 0 Å². The van der Waals surface area contributed by atoms with E-state index in [0.29, 0.717) is 0 Å². The molecule has 0 aliphatic carbocycles. The summed E-state index contributed by atoms with van der Waals surface area (Å²) in [4.78, 5) is 21.6. The van der Waals surface area contributed by atoms with Crippen LogP contribution in [-0.2, 0) is 24.0 Å². The van der Waals surface area contributed by atoms with Crippen LogP contribution in [0.5, 0.6) is 0 Å². The summed E-state index contributed by atoms with van der Waals surface area (Å²) in [6.07, 6.45) is 0. The fourth-order valence-electron chi connectivity index (χ4n) is 0. The largest absolute Gasteiger partial charge is 0 e. The van der Waals surface area contributed by atoms with Gasteiger partial charge in [-0.25, -0.2) is 4.57 Å². The molecular weight excluding hydrogens is 219 g/mol. The minimum Gasteiger partial charge on any atom is 0 e. The predicted octanol–water partition coefficient (Wildman–Crippen LogP) is -1.16. The fraction of sp³-hybridized carbons (Fsp3) is 0. The van der Waals surface area contributed by atoms with Crippen LogP contribution in [0.2, 0.25) is 0 Å². The Bertz CT molecular complexity index is 62.2. The zero-order chi connectivity index (χ0) is 4.50. The Hall–Kier alpha value is 2.02. The van der Waals surface area contributed by atoms with Crippen LogP contribution >= 0.6 is 20.2 Å².